The minimum atomic E-state index is -0.347. The number of hydrogen-bond acceptors (Lipinski definition) is 9. The average molecular weight is 540 g/mol. The molecular formula is C26H29N5O4S2. The fraction of sp³-hybridized carbons (Fsp3) is 0.423. The highest BCUT2D eigenvalue weighted by Gasteiger charge is 2.21. The second kappa shape index (κ2) is 12.0. The Kier molecular flexibility index (Phi) is 8.32. The molecule has 1 saturated heterocycles. The van der Waals surface area contributed by atoms with Crippen molar-refractivity contribution >= 4 is 62.5 Å². The summed E-state index contributed by atoms with van der Waals surface area (Å²) in [6, 6.07) is 11.2. The van der Waals surface area contributed by atoms with Crippen LogP contribution in [0.3, 0.4) is 0 Å². The molecule has 0 radical (unpaired) electrons. The van der Waals surface area contributed by atoms with Gasteiger partial charge in [0.1, 0.15) is 5.69 Å². The van der Waals surface area contributed by atoms with Crippen molar-refractivity contribution in [2.24, 2.45) is 4.99 Å². The largest absolute Gasteiger partial charge is 0.378 e. The van der Waals surface area contributed by atoms with E-state index in [9.17, 15) is 14.9 Å². The summed E-state index contributed by atoms with van der Waals surface area (Å²) in [5.41, 5.74) is 2.94. The first-order valence-electron chi connectivity index (χ1n) is 12.5. The van der Waals surface area contributed by atoms with Gasteiger partial charge in [0, 0.05) is 31.4 Å². The second-order valence-electron chi connectivity index (χ2n) is 9.19. The van der Waals surface area contributed by atoms with Gasteiger partial charge in [-0.2, -0.15) is 0 Å². The van der Waals surface area contributed by atoms with Crippen molar-refractivity contribution in [3.63, 3.8) is 0 Å². The third kappa shape index (κ3) is 6.65. The molecule has 1 aliphatic heterocycles. The lowest BCUT2D eigenvalue weighted by Crippen LogP contribution is -2.37. The number of nitrogens with zero attached hydrogens (tertiary/aromatic N) is 4. The zero-order valence-corrected chi connectivity index (χ0v) is 22.1. The zero-order chi connectivity index (χ0) is 25.6. The highest BCUT2D eigenvalue weighted by atomic mass is 32.2. The molecular weight excluding hydrogens is 510 g/mol. The molecule has 1 aliphatic carbocycles. The molecule has 0 bridgehead atoms. The minimum Gasteiger partial charge on any atom is -0.378 e. The number of rotatable bonds is 8. The molecule has 0 atom stereocenters. The molecule has 194 valence electrons. The number of aromatic nitrogens is 1. The number of anilines is 1. The molecule has 0 spiro atoms. The van der Waals surface area contributed by atoms with Crippen LogP contribution in [0.15, 0.2) is 45.7 Å². The molecule has 2 fully saturated rings. The number of carbonyl (C=O) groups excluding carboxylic acids is 1. The molecule has 2 heterocycles. The summed E-state index contributed by atoms with van der Waals surface area (Å²) in [6.07, 6.45) is 7.44. The number of amides is 1. The maximum absolute atomic E-state index is 12.3. The van der Waals surface area contributed by atoms with Gasteiger partial charge >= 0.3 is 0 Å². The average Bonchev–Trinajstić information content (AvgIpc) is 3.34. The number of thioether (sulfide) groups is 1. The van der Waals surface area contributed by atoms with Crippen LogP contribution in [0.2, 0.25) is 0 Å². The minimum absolute atomic E-state index is 0.0650. The van der Waals surface area contributed by atoms with Gasteiger partial charge < -0.3 is 15.0 Å². The molecule has 1 N–H and O–H groups in total. The molecule has 1 amide bonds. The van der Waals surface area contributed by atoms with Crippen molar-refractivity contribution in [3.05, 3.63) is 52.1 Å². The molecule has 1 saturated carbocycles. The van der Waals surface area contributed by atoms with Gasteiger partial charge in [-0.15, -0.1) is 11.3 Å². The molecule has 9 nitrogen and oxygen atoms in total. The van der Waals surface area contributed by atoms with Crippen LogP contribution in [-0.4, -0.2) is 60.1 Å². The van der Waals surface area contributed by atoms with Crippen molar-refractivity contribution in [3.8, 4) is 0 Å². The van der Waals surface area contributed by atoms with Gasteiger partial charge in [-0.1, -0.05) is 37.1 Å². The summed E-state index contributed by atoms with van der Waals surface area (Å²) in [6.45, 7) is 2.39. The molecule has 5 rings (SSSR count). The van der Waals surface area contributed by atoms with Gasteiger partial charge in [-0.25, -0.2) is 4.98 Å². The number of ether oxygens (including phenoxy) is 1. The fourth-order valence-electron chi connectivity index (χ4n) is 4.67. The molecule has 11 heteroatoms. The van der Waals surface area contributed by atoms with Crippen LogP contribution >= 0.6 is 23.1 Å². The van der Waals surface area contributed by atoms with E-state index in [0.29, 0.717) is 49.3 Å². The van der Waals surface area contributed by atoms with Gasteiger partial charge in [0.2, 0.25) is 5.91 Å². The summed E-state index contributed by atoms with van der Waals surface area (Å²) in [7, 11) is 0. The van der Waals surface area contributed by atoms with E-state index in [2.05, 4.69) is 15.3 Å². The Balaban J connectivity index is 1.23. The first-order valence-corrected chi connectivity index (χ1v) is 14.3. The number of morpholine rings is 1. The third-order valence-electron chi connectivity index (χ3n) is 6.56. The van der Waals surface area contributed by atoms with Crippen LogP contribution in [0.4, 0.5) is 17.1 Å². The lowest BCUT2D eigenvalue weighted by atomic mass is 9.95. The molecule has 3 aromatic rings. The maximum atomic E-state index is 12.3. The Morgan fingerprint density at radius 2 is 2.03 bits per heavy atom. The first-order chi connectivity index (χ1) is 18.0. The number of aliphatic imine (C=N–C) groups is 1. The highest BCUT2D eigenvalue weighted by molar-refractivity contribution is 8.01. The predicted octanol–water partition coefficient (Wildman–Crippen LogP) is 5.33. The standard InChI is InChI=1S/C26H29N5O4S2/c32-25(28-19-4-2-1-3-5-19)17-36-26-29-21-8-7-20(15-24(21)37-26)27-16-18-6-9-22(23(14-18)31(33)34)30-10-12-35-13-11-30/h6-9,14-16,19H,1-5,10-13,17H2,(H,28,32). The molecule has 0 unspecified atom stereocenters. The van der Waals surface area contributed by atoms with Crippen molar-refractivity contribution in [2.75, 3.05) is 37.0 Å². The van der Waals surface area contributed by atoms with E-state index in [0.717, 1.165) is 33.1 Å². The van der Waals surface area contributed by atoms with Crippen LogP contribution in [0.5, 0.6) is 0 Å². The number of carbonyl (C=O) groups is 1. The summed E-state index contributed by atoms with van der Waals surface area (Å²) >= 11 is 3.00. The van der Waals surface area contributed by atoms with Crippen LogP contribution in [-0.2, 0) is 9.53 Å². The van der Waals surface area contributed by atoms with E-state index in [1.54, 1.807) is 18.3 Å². The molecule has 37 heavy (non-hydrogen) atoms. The van der Waals surface area contributed by atoms with Crippen molar-refractivity contribution in [1.82, 2.24) is 10.3 Å². The van der Waals surface area contributed by atoms with Gasteiger partial charge in [0.05, 0.1) is 39.8 Å². The topological polar surface area (TPSA) is 110 Å². The van der Waals surface area contributed by atoms with E-state index >= 15 is 0 Å². The van der Waals surface area contributed by atoms with Crippen molar-refractivity contribution < 1.29 is 14.5 Å². The lowest BCUT2D eigenvalue weighted by molar-refractivity contribution is -0.384. The summed E-state index contributed by atoms with van der Waals surface area (Å²) in [5, 5.41) is 14.9. The van der Waals surface area contributed by atoms with Gasteiger partial charge in [0.15, 0.2) is 4.34 Å². The Labute approximate surface area is 223 Å². The Morgan fingerprint density at radius 3 is 2.81 bits per heavy atom. The van der Waals surface area contributed by atoms with Crippen molar-refractivity contribution in [2.45, 2.75) is 42.5 Å². The molecule has 2 aliphatic rings. The Bertz CT molecular complexity index is 1300. The van der Waals surface area contributed by atoms with Gasteiger partial charge in [-0.05, 0) is 42.7 Å². The van der Waals surface area contributed by atoms with Crippen LogP contribution < -0.4 is 10.2 Å². The van der Waals surface area contributed by atoms with Crippen LogP contribution in [0.1, 0.15) is 37.7 Å². The van der Waals surface area contributed by atoms with E-state index in [1.807, 2.05) is 29.2 Å². The second-order valence-corrected chi connectivity index (χ2v) is 11.4. The maximum Gasteiger partial charge on any atom is 0.293 e. The number of thiazole rings is 1. The number of nitro benzene ring substituents is 1. The van der Waals surface area contributed by atoms with Gasteiger partial charge in [-0.3, -0.25) is 19.9 Å². The summed E-state index contributed by atoms with van der Waals surface area (Å²) < 4.78 is 7.20. The van der Waals surface area contributed by atoms with E-state index in [4.69, 9.17) is 4.74 Å². The van der Waals surface area contributed by atoms with Crippen LogP contribution in [0.25, 0.3) is 10.2 Å². The summed E-state index contributed by atoms with van der Waals surface area (Å²) in [4.78, 5) is 34.8. The molecule has 1 aromatic heterocycles. The Hall–Kier alpha value is -3.02. The Morgan fingerprint density at radius 1 is 1.22 bits per heavy atom. The molecule has 2 aromatic carbocycles. The fourth-order valence-corrected chi connectivity index (χ4v) is 6.58. The van der Waals surface area contributed by atoms with Crippen LogP contribution in [0, 0.1) is 10.1 Å². The summed E-state index contributed by atoms with van der Waals surface area (Å²) in [5.74, 6) is 0.427. The smallest absolute Gasteiger partial charge is 0.293 e. The number of hydrogen-bond donors (Lipinski definition) is 1. The van der Waals surface area contributed by atoms with E-state index in [1.165, 1.54) is 42.4 Å². The number of nitro groups is 1. The lowest BCUT2D eigenvalue weighted by Gasteiger charge is -2.28. The monoisotopic (exact) mass is 539 g/mol. The number of fused-ring (bicyclic) bond motifs is 1. The van der Waals surface area contributed by atoms with Gasteiger partial charge in [0.25, 0.3) is 5.69 Å². The van der Waals surface area contributed by atoms with Crippen molar-refractivity contribution in [1.29, 1.82) is 0 Å². The SMILES string of the molecule is O=C(CSc1nc2ccc(N=Cc3ccc(N4CCOCC4)c([N+](=O)[O-])c3)cc2s1)NC1CCCCC1. The number of nitrogens with one attached hydrogen (secondary N) is 1. The third-order valence-corrected chi connectivity index (χ3v) is 8.72. The van der Waals surface area contributed by atoms with E-state index in [-0.39, 0.29) is 16.5 Å². The zero-order valence-electron chi connectivity index (χ0n) is 20.4. The first kappa shape index (κ1) is 25.6. The van der Waals surface area contributed by atoms with E-state index < -0.39 is 0 Å². The normalized spacial score (nSPS) is 16.9. The number of benzene rings is 2. The quantitative estimate of drug-likeness (QED) is 0.178. The highest BCUT2D eigenvalue weighted by Crippen LogP contribution is 2.33. The predicted molar refractivity (Wildman–Crippen MR) is 149 cm³/mol.